The Morgan fingerprint density at radius 2 is 1.90 bits per heavy atom. The van der Waals surface area contributed by atoms with E-state index in [2.05, 4.69) is 17.6 Å². The fraction of sp³-hybridized carbons (Fsp3) is 0.467. The number of nitrogens with one attached hydrogen (secondary N) is 2. The van der Waals surface area contributed by atoms with E-state index in [1.165, 1.54) is 5.56 Å². The number of carbonyl (C=O) groups is 2. The number of carboxylic acids is 1. The Labute approximate surface area is 118 Å². The number of rotatable bonds is 5. The molecule has 0 heterocycles. The number of hydrogen-bond donors (Lipinski definition) is 3. The van der Waals surface area contributed by atoms with E-state index in [-0.39, 0.29) is 0 Å². The van der Waals surface area contributed by atoms with Gasteiger partial charge in [0, 0.05) is 6.54 Å². The fourth-order valence-corrected chi connectivity index (χ4v) is 2.43. The highest BCUT2D eigenvalue weighted by atomic mass is 16.4. The molecule has 1 aliphatic rings. The van der Waals surface area contributed by atoms with Crippen LogP contribution in [0.1, 0.15) is 37.3 Å². The predicted molar refractivity (Wildman–Crippen MR) is 75.4 cm³/mol. The minimum Gasteiger partial charge on any atom is -0.480 e. The Morgan fingerprint density at radius 3 is 2.40 bits per heavy atom. The van der Waals surface area contributed by atoms with Gasteiger partial charge >= 0.3 is 12.0 Å². The third kappa shape index (κ3) is 2.92. The molecule has 1 aliphatic carbocycles. The van der Waals surface area contributed by atoms with E-state index in [4.69, 9.17) is 5.11 Å². The van der Waals surface area contributed by atoms with Gasteiger partial charge in [0.15, 0.2) is 0 Å². The first kappa shape index (κ1) is 14.4. The van der Waals surface area contributed by atoms with Crippen LogP contribution in [-0.4, -0.2) is 22.6 Å². The van der Waals surface area contributed by atoms with Crippen LogP contribution in [-0.2, 0) is 17.8 Å². The highest BCUT2D eigenvalue weighted by molar-refractivity contribution is 5.87. The molecule has 1 aromatic carbocycles. The van der Waals surface area contributed by atoms with Gasteiger partial charge in [-0.1, -0.05) is 31.2 Å². The molecule has 5 heteroatoms. The van der Waals surface area contributed by atoms with Gasteiger partial charge in [0.25, 0.3) is 0 Å². The molecule has 0 aliphatic heterocycles. The van der Waals surface area contributed by atoms with E-state index in [1.54, 1.807) is 0 Å². The summed E-state index contributed by atoms with van der Waals surface area (Å²) in [6, 6.07) is 7.47. The third-order valence-electron chi connectivity index (χ3n) is 3.91. The Morgan fingerprint density at radius 1 is 1.25 bits per heavy atom. The minimum absolute atomic E-state index is 0.408. The van der Waals surface area contributed by atoms with Crippen molar-refractivity contribution >= 4 is 12.0 Å². The second kappa shape index (κ2) is 5.94. The molecule has 1 fully saturated rings. The summed E-state index contributed by atoms with van der Waals surface area (Å²) in [6.07, 6.45) is 2.74. The molecule has 0 spiro atoms. The van der Waals surface area contributed by atoms with E-state index in [9.17, 15) is 9.59 Å². The van der Waals surface area contributed by atoms with Gasteiger partial charge in [0.1, 0.15) is 5.54 Å². The van der Waals surface area contributed by atoms with Gasteiger partial charge in [-0.2, -0.15) is 0 Å². The number of aliphatic carboxylic acids is 1. The topological polar surface area (TPSA) is 78.4 Å². The normalized spacial score (nSPS) is 16.1. The van der Waals surface area contributed by atoms with Gasteiger partial charge in [-0.15, -0.1) is 0 Å². The molecule has 3 N–H and O–H groups in total. The Bertz CT molecular complexity index is 510. The summed E-state index contributed by atoms with van der Waals surface area (Å²) < 4.78 is 0. The van der Waals surface area contributed by atoms with Gasteiger partial charge in [0.05, 0.1) is 0 Å². The number of carboxylic acid groups (broad SMARTS) is 1. The molecule has 0 unspecified atom stereocenters. The van der Waals surface area contributed by atoms with Crippen LogP contribution < -0.4 is 10.6 Å². The lowest BCUT2D eigenvalue weighted by molar-refractivity contribution is -0.148. The molecule has 0 aromatic heterocycles. The van der Waals surface area contributed by atoms with Crippen LogP contribution in [0.4, 0.5) is 4.79 Å². The summed E-state index contributed by atoms with van der Waals surface area (Å²) >= 11 is 0. The molecule has 1 aromatic rings. The summed E-state index contributed by atoms with van der Waals surface area (Å²) in [5.74, 6) is -0.951. The van der Waals surface area contributed by atoms with Gasteiger partial charge in [-0.05, 0) is 36.8 Å². The number of hydrogen-bond acceptors (Lipinski definition) is 2. The van der Waals surface area contributed by atoms with Gasteiger partial charge in [0.2, 0.25) is 0 Å². The first-order chi connectivity index (χ1) is 9.57. The lowest BCUT2D eigenvalue weighted by Gasteiger charge is -2.38. The number of aryl methyl sites for hydroxylation is 1. The zero-order valence-corrected chi connectivity index (χ0v) is 11.6. The molecule has 5 nitrogen and oxygen atoms in total. The molecule has 0 saturated heterocycles. The van der Waals surface area contributed by atoms with E-state index in [0.29, 0.717) is 19.4 Å². The van der Waals surface area contributed by atoms with Crippen LogP contribution in [0.25, 0.3) is 0 Å². The predicted octanol–water partition coefficient (Wildman–Crippen LogP) is 2.06. The van der Waals surface area contributed by atoms with Crippen molar-refractivity contribution in [3.63, 3.8) is 0 Å². The van der Waals surface area contributed by atoms with Crippen molar-refractivity contribution in [2.24, 2.45) is 0 Å². The highest BCUT2D eigenvalue weighted by Crippen LogP contribution is 2.31. The molecule has 0 radical (unpaired) electrons. The summed E-state index contributed by atoms with van der Waals surface area (Å²) in [5, 5.41) is 14.5. The molecule has 0 atom stereocenters. The maximum Gasteiger partial charge on any atom is 0.329 e. The van der Waals surface area contributed by atoms with Crippen molar-refractivity contribution in [1.82, 2.24) is 10.6 Å². The Balaban J connectivity index is 1.91. The number of amides is 2. The average Bonchev–Trinajstić information content (AvgIpc) is 2.40. The Hall–Kier alpha value is -2.04. The smallest absolute Gasteiger partial charge is 0.329 e. The van der Waals surface area contributed by atoms with Crippen molar-refractivity contribution in [1.29, 1.82) is 0 Å². The van der Waals surface area contributed by atoms with Crippen LogP contribution >= 0.6 is 0 Å². The van der Waals surface area contributed by atoms with Gasteiger partial charge in [-0.25, -0.2) is 9.59 Å². The second-order valence-corrected chi connectivity index (χ2v) is 5.17. The second-order valence-electron chi connectivity index (χ2n) is 5.17. The largest absolute Gasteiger partial charge is 0.480 e. The molecule has 108 valence electrons. The van der Waals surface area contributed by atoms with Crippen LogP contribution in [0, 0.1) is 0 Å². The van der Waals surface area contributed by atoms with Crippen LogP contribution in [0.3, 0.4) is 0 Å². The van der Waals surface area contributed by atoms with E-state index in [1.807, 2.05) is 24.3 Å². The minimum atomic E-state index is -1.06. The quantitative estimate of drug-likeness (QED) is 0.770. The molecule has 1 saturated carbocycles. The zero-order valence-electron chi connectivity index (χ0n) is 11.6. The molecular formula is C15H20N2O3. The Kier molecular flexibility index (Phi) is 4.27. The fourth-order valence-electron chi connectivity index (χ4n) is 2.43. The molecule has 20 heavy (non-hydrogen) atoms. The first-order valence-electron chi connectivity index (χ1n) is 6.93. The zero-order chi connectivity index (χ0) is 14.6. The van der Waals surface area contributed by atoms with Crippen LogP contribution in [0.5, 0.6) is 0 Å². The summed E-state index contributed by atoms with van der Waals surface area (Å²) in [6.45, 7) is 2.47. The monoisotopic (exact) mass is 276 g/mol. The van der Waals surface area contributed by atoms with Crippen molar-refractivity contribution in [3.8, 4) is 0 Å². The maximum absolute atomic E-state index is 11.8. The van der Waals surface area contributed by atoms with Crippen molar-refractivity contribution < 1.29 is 14.7 Å². The third-order valence-corrected chi connectivity index (χ3v) is 3.91. The molecule has 2 amide bonds. The standard InChI is InChI=1S/C15H20N2O3/c1-2-11-6-3-4-7-12(11)10-16-14(20)17-15(13(18)19)8-5-9-15/h3-4,6-7H,2,5,8-10H2,1H3,(H,18,19)(H2,16,17,20). The number of benzene rings is 1. The van der Waals surface area contributed by atoms with E-state index >= 15 is 0 Å². The van der Waals surface area contributed by atoms with Crippen LogP contribution in [0.2, 0.25) is 0 Å². The van der Waals surface area contributed by atoms with Gasteiger partial charge in [-0.3, -0.25) is 0 Å². The number of carbonyl (C=O) groups excluding carboxylic acids is 1. The van der Waals surface area contributed by atoms with Gasteiger partial charge < -0.3 is 15.7 Å². The highest BCUT2D eigenvalue weighted by Gasteiger charge is 2.45. The van der Waals surface area contributed by atoms with Crippen molar-refractivity contribution in [2.45, 2.75) is 44.7 Å². The first-order valence-corrected chi connectivity index (χ1v) is 6.93. The summed E-state index contributed by atoms with van der Waals surface area (Å²) in [7, 11) is 0. The lowest BCUT2D eigenvalue weighted by Crippen LogP contribution is -2.61. The van der Waals surface area contributed by atoms with Crippen molar-refractivity contribution in [2.75, 3.05) is 0 Å². The van der Waals surface area contributed by atoms with Crippen molar-refractivity contribution in [3.05, 3.63) is 35.4 Å². The molecular weight excluding hydrogens is 256 g/mol. The summed E-state index contributed by atoms with van der Waals surface area (Å²) in [5.41, 5.74) is 1.18. The lowest BCUT2D eigenvalue weighted by atomic mass is 9.77. The molecule has 2 rings (SSSR count). The van der Waals surface area contributed by atoms with Crippen LogP contribution in [0.15, 0.2) is 24.3 Å². The SMILES string of the molecule is CCc1ccccc1CNC(=O)NC1(C(=O)O)CCC1. The average molecular weight is 276 g/mol. The maximum atomic E-state index is 11.8. The van der Waals surface area contributed by atoms with E-state index in [0.717, 1.165) is 18.4 Å². The van der Waals surface area contributed by atoms with E-state index < -0.39 is 17.5 Å². The summed E-state index contributed by atoms with van der Waals surface area (Å²) in [4.78, 5) is 23.0. The number of urea groups is 1. The molecule has 0 bridgehead atoms.